The molecule has 0 saturated carbocycles. The van der Waals surface area contributed by atoms with Crippen molar-refractivity contribution in [2.24, 2.45) is 5.92 Å². The molecule has 3 heterocycles. The van der Waals surface area contributed by atoms with Crippen LogP contribution in [0.2, 0.25) is 0 Å². The zero-order valence-corrected chi connectivity index (χ0v) is 17.0. The van der Waals surface area contributed by atoms with Gasteiger partial charge in [-0.15, -0.1) is 0 Å². The van der Waals surface area contributed by atoms with Crippen molar-refractivity contribution in [2.45, 2.75) is 19.0 Å². The molecule has 4 rings (SSSR count). The first-order valence-corrected chi connectivity index (χ1v) is 9.87. The molecule has 1 aromatic rings. The number of ether oxygens (including phenoxy) is 1. The van der Waals surface area contributed by atoms with Gasteiger partial charge < -0.3 is 19.4 Å². The van der Waals surface area contributed by atoms with Gasteiger partial charge in [-0.25, -0.2) is 4.79 Å². The Morgan fingerprint density at radius 2 is 1.97 bits per heavy atom. The summed E-state index contributed by atoms with van der Waals surface area (Å²) < 4.78 is 5.23. The fourth-order valence-electron chi connectivity index (χ4n) is 4.52. The van der Waals surface area contributed by atoms with Crippen molar-refractivity contribution in [3.63, 3.8) is 0 Å². The van der Waals surface area contributed by atoms with Crippen molar-refractivity contribution in [1.82, 2.24) is 14.7 Å². The molecule has 1 fully saturated rings. The molecule has 0 N–H and O–H groups in total. The van der Waals surface area contributed by atoms with Crippen molar-refractivity contribution < 1.29 is 19.1 Å². The SMILES string of the molecule is COCCN1C(C(=O)N2CCCc3ccccc32)=CC2C(=O)N(C)C(=O)N(C)C21. The maximum atomic E-state index is 13.6. The van der Waals surface area contributed by atoms with Crippen molar-refractivity contribution in [1.29, 1.82) is 0 Å². The molecular formula is C21H26N4O4. The van der Waals surface area contributed by atoms with E-state index in [0.717, 1.165) is 29.0 Å². The number of carbonyl (C=O) groups is 3. The second kappa shape index (κ2) is 7.51. The van der Waals surface area contributed by atoms with Crippen LogP contribution in [0, 0.1) is 5.92 Å². The highest BCUT2D eigenvalue weighted by Gasteiger charge is 2.51. The number of aryl methyl sites for hydroxylation is 1. The van der Waals surface area contributed by atoms with Crippen molar-refractivity contribution in [2.75, 3.05) is 45.8 Å². The summed E-state index contributed by atoms with van der Waals surface area (Å²) in [7, 11) is 4.74. The number of methoxy groups -OCH3 is 1. The molecule has 0 bridgehead atoms. The molecule has 2 unspecified atom stereocenters. The van der Waals surface area contributed by atoms with Gasteiger partial charge in [0, 0.05) is 40.0 Å². The summed E-state index contributed by atoms with van der Waals surface area (Å²) in [6, 6.07) is 7.55. The van der Waals surface area contributed by atoms with E-state index in [9.17, 15) is 14.4 Å². The lowest BCUT2D eigenvalue weighted by molar-refractivity contribution is -0.137. The summed E-state index contributed by atoms with van der Waals surface area (Å²) in [4.78, 5) is 45.2. The molecule has 154 valence electrons. The normalized spacial score (nSPS) is 23.9. The lowest BCUT2D eigenvalue weighted by atomic mass is 10.0. The van der Waals surface area contributed by atoms with Crippen molar-refractivity contribution >= 4 is 23.5 Å². The topological polar surface area (TPSA) is 73.4 Å². The largest absolute Gasteiger partial charge is 0.383 e. The molecule has 0 radical (unpaired) electrons. The molecule has 2 atom stereocenters. The van der Waals surface area contributed by atoms with E-state index < -0.39 is 12.1 Å². The molecule has 8 nitrogen and oxygen atoms in total. The standard InChI is InChI=1S/C21H26N4O4/c1-22-18-15(19(26)23(2)21(22)28)13-17(24(18)11-12-29-3)20(27)25-10-6-8-14-7-4-5-9-16(14)25/h4-5,7,9,13,15,18H,6,8,10-12H2,1-3H3. The molecule has 4 amide bonds. The Hall–Kier alpha value is -2.87. The fraction of sp³-hybridized carbons (Fsp3) is 0.476. The first kappa shape index (κ1) is 19.4. The highest BCUT2D eigenvalue weighted by Crippen LogP contribution is 2.36. The molecule has 0 spiro atoms. The van der Waals surface area contributed by atoms with Gasteiger partial charge in [-0.1, -0.05) is 18.2 Å². The maximum absolute atomic E-state index is 13.6. The number of carbonyl (C=O) groups excluding carboxylic acids is 3. The van der Waals surface area contributed by atoms with Crippen LogP contribution < -0.4 is 4.90 Å². The van der Waals surface area contributed by atoms with Crippen LogP contribution in [0.25, 0.3) is 0 Å². The number of imide groups is 1. The van der Waals surface area contributed by atoms with E-state index in [2.05, 4.69) is 0 Å². The molecule has 0 aromatic heterocycles. The minimum atomic E-state index is -0.571. The summed E-state index contributed by atoms with van der Waals surface area (Å²) in [5.41, 5.74) is 2.52. The van der Waals surface area contributed by atoms with Gasteiger partial charge in [0.05, 0.1) is 12.5 Å². The first-order valence-electron chi connectivity index (χ1n) is 9.87. The Balaban J connectivity index is 1.71. The van der Waals surface area contributed by atoms with Crippen molar-refractivity contribution in [3.05, 3.63) is 41.6 Å². The average molecular weight is 398 g/mol. The van der Waals surface area contributed by atoms with Gasteiger partial charge in [0.25, 0.3) is 5.91 Å². The number of amides is 4. The third-order valence-electron chi connectivity index (χ3n) is 6.00. The van der Waals surface area contributed by atoms with Gasteiger partial charge in [-0.3, -0.25) is 14.5 Å². The molecule has 29 heavy (non-hydrogen) atoms. The van der Waals surface area contributed by atoms with Gasteiger partial charge in [0.15, 0.2) is 0 Å². The lowest BCUT2D eigenvalue weighted by Gasteiger charge is -2.43. The van der Waals surface area contributed by atoms with Crippen LogP contribution in [0.15, 0.2) is 36.0 Å². The van der Waals surface area contributed by atoms with E-state index in [0.29, 0.717) is 25.4 Å². The van der Waals surface area contributed by atoms with Gasteiger partial charge >= 0.3 is 6.03 Å². The number of anilines is 1. The van der Waals surface area contributed by atoms with E-state index in [4.69, 9.17) is 4.74 Å². The fourth-order valence-corrected chi connectivity index (χ4v) is 4.52. The Kier molecular flexibility index (Phi) is 5.04. The summed E-state index contributed by atoms with van der Waals surface area (Å²) in [5, 5.41) is 0. The average Bonchev–Trinajstić information content (AvgIpc) is 3.13. The number of nitrogens with zero attached hydrogens (tertiary/aromatic N) is 4. The highest BCUT2D eigenvalue weighted by molar-refractivity contribution is 6.08. The number of urea groups is 1. The van der Waals surface area contributed by atoms with Gasteiger partial charge in [-0.05, 0) is 30.5 Å². The number of para-hydroxylation sites is 1. The van der Waals surface area contributed by atoms with E-state index in [1.165, 1.54) is 11.9 Å². The number of benzene rings is 1. The first-order chi connectivity index (χ1) is 14.0. The second-order valence-corrected chi connectivity index (χ2v) is 7.66. The molecule has 3 aliphatic heterocycles. The lowest BCUT2D eigenvalue weighted by Crippen LogP contribution is -2.62. The molecule has 8 heteroatoms. The summed E-state index contributed by atoms with van der Waals surface area (Å²) in [6.45, 7) is 1.43. The number of hydrogen-bond donors (Lipinski definition) is 0. The molecule has 1 saturated heterocycles. The zero-order chi connectivity index (χ0) is 20.7. The minimum Gasteiger partial charge on any atom is -0.383 e. The summed E-state index contributed by atoms with van der Waals surface area (Å²) >= 11 is 0. The monoisotopic (exact) mass is 398 g/mol. The predicted octanol–water partition coefficient (Wildman–Crippen LogP) is 1.28. The number of rotatable bonds is 4. The highest BCUT2D eigenvalue weighted by atomic mass is 16.5. The van der Waals surface area contributed by atoms with Crippen molar-refractivity contribution in [3.8, 4) is 0 Å². The predicted molar refractivity (Wildman–Crippen MR) is 107 cm³/mol. The van der Waals surface area contributed by atoms with Crippen LogP contribution in [-0.4, -0.2) is 79.6 Å². The number of fused-ring (bicyclic) bond motifs is 2. The zero-order valence-electron chi connectivity index (χ0n) is 17.0. The Labute approximate surface area is 170 Å². The van der Waals surface area contributed by atoms with Crippen LogP contribution in [-0.2, 0) is 20.7 Å². The molecular weight excluding hydrogens is 372 g/mol. The summed E-state index contributed by atoms with van der Waals surface area (Å²) in [6.07, 6.45) is 3.04. The van der Waals surface area contributed by atoms with Crippen LogP contribution in [0.4, 0.5) is 10.5 Å². The Morgan fingerprint density at radius 3 is 2.72 bits per heavy atom. The van der Waals surface area contributed by atoms with E-state index in [1.807, 2.05) is 29.2 Å². The second-order valence-electron chi connectivity index (χ2n) is 7.66. The van der Waals surface area contributed by atoms with Crippen LogP contribution in [0.5, 0.6) is 0 Å². The van der Waals surface area contributed by atoms with E-state index >= 15 is 0 Å². The van der Waals surface area contributed by atoms with Gasteiger partial charge in [-0.2, -0.15) is 0 Å². The van der Waals surface area contributed by atoms with E-state index in [1.54, 1.807) is 25.1 Å². The van der Waals surface area contributed by atoms with Gasteiger partial charge in [0.2, 0.25) is 5.91 Å². The van der Waals surface area contributed by atoms with Crippen LogP contribution in [0.1, 0.15) is 12.0 Å². The smallest absolute Gasteiger partial charge is 0.327 e. The van der Waals surface area contributed by atoms with Crippen LogP contribution >= 0.6 is 0 Å². The van der Waals surface area contributed by atoms with Crippen LogP contribution in [0.3, 0.4) is 0 Å². The maximum Gasteiger partial charge on any atom is 0.327 e. The Bertz CT molecular complexity index is 883. The minimum absolute atomic E-state index is 0.140. The molecule has 0 aliphatic carbocycles. The quantitative estimate of drug-likeness (QED) is 0.764. The number of hydrogen-bond acceptors (Lipinski definition) is 5. The van der Waals surface area contributed by atoms with Gasteiger partial charge in [0.1, 0.15) is 11.9 Å². The van der Waals surface area contributed by atoms with E-state index in [-0.39, 0.29) is 17.8 Å². The third-order valence-corrected chi connectivity index (χ3v) is 6.00. The summed E-state index contributed by atoms with van der Waals surface area (Å²) in [5.74, 6) is -1.00. The Morgan fingerprint density at radius 1 is 1.21 bits per heavy atom. The third kappa shape index (κ3) is 3.07. The molecule has 1 aromatic carbocycles. The molecule has 3 aliphatic rings.